The number of amides is 1. The fourth-order valence-electron chi connectivity index (χ4n) is 3.16. The highest BCUT2D eigenvalue weighted by Crippen LogP contribution is 2.37. The molecule has 28 heavy (non-hydrogen) atoms. The van der Waals surface area contributed by atoms with Crippen molar-refractivity contribution >= 4 is 11.7 Å². The highest BCUT2D eigenvalue weighted by atomic mass is 19.1. The van der Waals surface area contributed by atoms with Gasteiger partial charge in [0, 0.05) is 42.4 Å². The van der Waals surface area contributed by atoms with Gasteiger partial charge >= 0.3 is 0 Å². The zero-order valence-electron chi connectivity index (χ0n) is 15.4. The summed E-state index contributed by atoms with van der Waals surface area (Å²) < 4.78 is 26.7. The Labute approximate surface area is 160 Å². The Hall–Kier alpha value is -2.78. The third-order valence-electron chi connectivity index (χ3n) is 5.22. The van der Waals surface area contributed by atoms with Crippen molar-refractivity contribution in [2.45, 2.75) is 32.5 Å². The summed E-state index contributed by atoms with van der Waals surface area (Å²) in [6, 6.07) is 2.39. The summed E-state index contributed by atoms with van der Waals surface area (Å²) in [4.78, 5) is 26.4. The first-order valence-electron chi connectivity index (χ1n) is 8.66. The van der Waals surface area contributed by atoms with Crippen LogP contribution in [0.1, 0.15) is 19.4 Å². The van der Waals surface area contributed by atoms with E-state index < -0.39 is 46.6 Å². The number of fused-ring (bicyclic) bond motifs is 1. The van der Waals surface area contributed by atoms with E-state index in [9.17, 15) is 28.6 Å². The number of carbonyl (C=O) groups excluding carboxylic acids is 2. The predicted octanol–water partition coefficient (Wildman–Crippen LogP) is 0.847. The molecule has 0 bridgehead atoms. The van der Waals surface area contributed by atoms with Crippen LogP contribution in [-0.4, -0.2) is 45.5 Å². The second-order valence-electron chi connectivity index (χ2n) is 7.45. The predicted molar refractivity (Wildman–Crippen MR) is 95.4 cm³/mol. The molecule has 5 N–H and O–H groups in total. The van der Waals surface area contributed by atoms with Crippen LogP contribution in [0.4, 0.5) is 8.78 Å². The maximum Gasteiger partial charge on any atom is 0.252 e. The molecule has 0 saturated carbocycles. The number of nitrogens with two attached hydrogens (primary N) is 1. The molecular weight excluding hydrogens is 372 g/mol. The Kier molecular flexibility index (Phi) is 4.99. The van der Waals surface area contributed by atoms with Gasteiger partial charge in [0.25, 0.3) is 5.91 Å². The molecule has 2 aliphatic rings. The van der Waals surface area contributed by atoms with E-state index in [2.05, 4.69) is 5.32 Å². The largest absolute Gasteiger partial charge is 0.507 e. The topological polar surface area (TPSA) is 116 Å². The van der Waals surface area contributed by atoms with E-state index in [4.69, 9.17) is 5.73 Å². The summed E-state index contributed by atoms with van der Waals surface area (Å²) in [5.74, 6) is -3.40. The van der Waals surface area contributed by atoms with Gasteiger partial charge in [0.05, 0.1) is 5.57 Å². The second kappa shape index (κ2) is 6.99. The van der Waals surface area contributed by atoms with E-state index in [0.29, 0.717) is 6.07 Å². The molecule has 0 aliphatic carbocycles. The Morgan fingerprint density at radius 2 is 2.07 bits per heavy atom. The smallest absolute Gasteiger partial charge is 0.252 e. The van der Waals surface area contributed by atoms with Gasteiger partial charge in [-0.25, -0.2) is 8.78 Å². The average molecular weight is 393 g/mol. The number of allylic oxidation sites excluding steroid dienone is 1. The molecule has 0 radical (unpaired) electrons. The van der Waals surface area contributed by atoms with E-state index in [0.717, 1.165) is 6.07 Å². The number of Topliss-reactive ketones (excluding diaryl/α,β-unsaturated/α-hetero) is 1. The minimum Gasteiger partial charge on any atom is -0.507 e. The lowest BCUT2D eigenvalue weighted by Crippen LogP contribution is -2.57. The minimum atomic E-state index is -1.71. The molecule has 1 saturated heterocycles. The van der Waals surface area contributed by atoms with Gasteiger partial charge < -0.3 is 26.2 Å². The van der Waals surface area contributed by atoms with Crippen molar-refractivity contribution in [2.24, 2.45) is 11.1 Å². The van der Waals surface area contributed by atoms with Crippen LogP contribution in [-0.2, 0) is 16.1 Å². The summed E-state index contributed by atoms with van der Waals surface area (Å²) >= 11 is 0. The van der Waals surface area contributed by atoms with E-state index in [1.54, 1.807) is 13.8 Å². The van der Waals surface area contributed by atoms with Crippen LogP contribution in [0.25, 0.3) is 0 Å². The summed E-state index contributed by atoms with van der Waals surface area (Å²) in [6.45, 7) is 3.20. The molecule has 1 fully saturated rings. The molecular formula is C19H21F2N3O4. The molecule has 1 aromatic rings. The van der Waals surface area contributed by atoms with Gasteiger partial charge in [-0.3, -0.25) is 9.59 Å². The monoisotopic (exact) mass is 393 g/mol. The Morgan fingerprint density at radius 3 is 2.71 bits per heavy atom. The van der Waals surface area contributed by atoms with Gasteiger partial charge in [-0.2, -0.15) is 0 Å². The quantitative estimate of drug-likeness (QED) is 0.605. The molecule has 150 valence electrons. The van der Waals surface area contributed by atoms with Crippen LogP contribution in [0.5, 0.6) is 0 Å². The van der Waals surface area contributed by atoms with Crippen molar-refractivity contribution in [1.29, 1.82) is 0 Å². The SMILES string of the molecule is CC1(C)C(=O)C2=C(O)C(O)C(C(=O)NCc3ccc(F)cc3F)=CN2CC1N. The molecule has 2 aliphatic heterocycles. The zero-order valence-corrected chi connectivity index (χ0v) is 15.4. The van der Waals surface area contributed by atoms with Gasteiger partial charge in [-0.05, 0) is 6.07 Å². The van der Waals surface area contributed by atoms with Crippen molar-refractivity contribution in [1.82, 2.24) is 10.2 Å². The van der Waals surface area contributed by atoms with E-state index in [1.807, 2.05) is 0 Å². The number of hydrogen-bond donors (Lipinski definition) is 4. The third kappa shape index (κ3) is 3.27. The summed E-state index contributed by atoms with van der Waals surface area (Å²) in [6.07, 6.45) is -0.457. The fraction of sp³-hybridized carbons (Fsp3) is 0.368. The molecule has 2 atom stereocenters. The number of benzene rings is 1. The maximum atomic E-state index is 13.7. The van der Waals surface area contributed by atoms with Gasteiger partial charge in [0.1, 0.15) is 23.4 Å². The number of rotatable bonds is 3. The Morgan fingerprint density at radius 1 is 1.39 bits per heavy atom. The number of nitrogens with one attached hydrogen (secondary N) is 1. The molecule has 9 heteroatoms. The van der Waals surface area contributed by atoms with Gasteiger partial charge in [0.15, 0.2) is 11.5 Å². The van der Waals surface area contributed by atoms with Gasteiger partial charge in [0.2, 0.25) is 0 Å². The number of aliphatic hydroxyl groups excluding tert-OH is 2. The van der Waals surface area contributed by atoms with Crippen LogP contribution >= 0.6 is 0 Å². The van der Waals surface area contributed by atoms with E-state index >= 15 is 0 Å². The van der Waals surface area contributed by atoms with Gasteiger partial charge in [-0.1, -0.05) is 19.9 Å². The summed E-state index contributed by atoms with van der Waals surface area (Å²) in [7, 11) is 0. The normalized spacial score (nSPS) is 24.0. The maximum absolute atomic E-state index is 13.7. The average Bonchev–Trinajstić information content (AvgIpc) is 2.62. The lowest BCUT2D eigenvalue weighted by atomic mass is 9.74. The molecule has 0 aromatic heterocycles. The number of nitrogens with zero attached hydrogens (tertiary/aromatic N) is 1. The highest BCUT2D eigenvalue weighted by Gasteiger charge is 2.47. The summed E-state index contributed by atoms with van der Waals surface area (Å²) in [5.41, 5.74) is 4.84. The van der Waals surface area contributed by atoms with Crippen LogP contribution < -0.4 is 11.1 Å². The van der Waals surface area contributed by atoms with Crippen molar-refractivity contribution < 1.29 is 28.6 Å². The molecule has 1 aromatic carbocycles. The lowest BCUT2D eigenvalue weighted by Gasteiger charge is -2.44. The van der Waals surface area contributed by atoms with E-state index in [-0.39, 0.29) is 29.9 Å². The molecule has 3 rings (SSSR count). The number of carbonyl (C=O) groups is 2. The van der Waals surface area contributed by atoms with E-state index in [1.165, 1.54) is 17.2 Å². The van der Waals surface area contributed by atoms with Crippen LogP contribution in [0.15, 0.2) is 41.4 Å². The van der Waals surface area contributed by atoms with Crippen LogP contribution in [0.2, 0.25) is 0 Å². The lowest BCUT2D eigenvalue weighted by molar-refractivity contribution is -0.129. The Balaban J connectivity index is 1.81. The molecule has 0 spiro atoms. The van der Waals surface area contributed by atoms with Crippen LogP contribution in [0.3, 0.4) is 0 Å². The first-order chi connectivity index (χ1) is 13.0. The molecule has 1 amide bonds. The first kappa shape index (κ1) is 20.0. The van der Waals surface area contributed by atoms with Crippen molar-refractivity contribution in [3.05, 3.63) is 58.6 Å². The van der Waals surface area contributed by atoms with Crippen LogP contribution in [0, 0.1) is 17.0 Å². The zero-order chi connectivity index (χ0) is 20.8. The first-order valence-corrected chi connectivity index (χ1v) is 8.66. The number of aliphatic hydroxyl groups is 2. The van der Waals surface area contributed by atoms with Crippen molar-refractivity contribution in [3.63, 3.8) is 0 Å². The highest BCUT2D eigenvalue weighted by molar-refractivity contribution is 6.03. The Bertz CT molecular complexity index is 910. The number of piperidine rings is 1. The standard InChI is InChI=1S/C19H21F2N3O4/c1-19(2)13(22)8-24-7-11(15(25)16(26)14(24)17(19)27)18(28)23-6-9-3-4-10(20)5-12(9)21/h3-5,7,13,15,25-26H,6,8,22H2,1-2H3,(H,23,28). The molecule has 2 heterocycles. The number of halogens is 2. The summed E-state index contributed by atoms with van der Waals surface area (Å²) in [5, 5.41) is 23.1. The van der Waals surface area contributed by atoms with Crippen molar-refractivity contribution in [3.8, 4) is 0 Å². The molecule has 7 nitrogen and oxygen atoms in total. The second-order valence-corrected chi connectivity index (χ2v) is 7.45. The minimum absolute atomic E-state index is 0.0537. The molecule has 2 unspecified atom stereocenters. The van der Waals surface area contributed by atoms with Gasteiger partial charge in [-0.15, -0.1) is 0 Å². The number of hydrogen-bond acceptors (Lipinski definition) is 6. The van der Waals surface area contributed by atoms with Crippen molar-refractivity contribution in [2.75, 3.05) is 6.54 Å². The number of ketones is 1. The third-order valence-corrected chi connectivity index (χ3v) is 5.22. The fourth-order valence-corrected chi connectivity index (χ4v) is 3.16.